The Bertz CT molecular complexity index is 531. The summed E-state index contributed by atoms with van der Waals surface area (Å²) in [5, 5.41) is 0. The van der Waals surface area contributed by atoms with Crippen LogP contribution in [0.2, 0.25) is 0 Å². The molecule has 1 aromatic carbocycles. The Morgan fingerprint density at radius 3 is 2.86 bits per heavy atom. The van der Waals surface area contributed by atoms with Crippen LogP contribution < -0.4 is 4.74 Å². The van der Waals surface area contributed by atoms with E-state index in [4.69, 9.17) is 4.74 Å². The molecule has 2 rings (SSSR count). The molecule has 1 unspecified atom stereocenters. The quantitative estimate of drug-likeness (QED) is 0.560. The summed E-state index contributed by atoms with van der Waals surface area (Å²) < 4.78 is 46.8. The molecule has 7 heteroatoms. The van der Waals surface area contributed by atoms with Gasteiger partial charge in [0.1, 0.15) is 5.75 Å². The van der Waals surface area contributed by atoms with E-state index in [0.29, 0.717) is 12.8 Å². The molecular formula is C15H16BrF3O3. The molecule has 122 valence electrons. The lowest BCUT2D eigenvalue weighted by molar-refractivity contribution is -0.199. The fraction of sp³-hybridized carbons (Fsp3) is 0.533. The van der Waals surface area contributed by atoms with Gasteiger partial charge < -0.3 is 9.47 Å². The Labute approximate surface area is 134 Å². The van der Waals surface area contributed by atoms with Gasteiger partial charge >= 0.3 is 12.1 Å². The van der Waals surface area contributed by atoms with Gasteiger partial charge in [0, 0.05) is 4.47 Å². The van der Waals surface area contributed by atoms with Crippen molar-refractivity contribution in [1.29, 1.82) is 0 Å². The number of unbranched alkanes of at least 4 members (excludes halogenated alkanes) is 1. The zero-order valence-electron chi connectivity index (χ0n) is 11.8. The summed E-state index contributed by atoms with van der Waals surface area (Å²) in [6.45, 7) is -0.214. The van der Waals surface area contributed by atoms with Crippen molar-refractivity contribution in [3.05, 3.63) is 28.2 Å². The number of alkyl halides is 3. The van der Waals surface area contributed by atoms with Crippen molar-refractivity contribution in [3.63, 3.8) is 0 Å². The van der Waals surface area contributed by atoms with Crippen LogP contribution in [0, 0.1) is 0 Å². The van der Waals surface area contributed by atoms with Crippen LogP contribution in [0.3, 0.4) is 0 Å². The van der Waals surface area contributed by atoms with Crippen LogP contribution in [-0.2, 0) is 16.0 Å². The predicted octanol–water partition coefficient (Wildman–Crippen LogP) is 4.42. The Morgan fingerprint density at radius 2 is 2.14 bits per heavy atom. The lowest BCUT2D eigenvalue weighted by Gasteiger charge is -2.26. The Balaban J connectivity index is 1.67. The van der Waals surface area contributed by atoms with Gasteiger partial charge in [0.05, 0.1) is 12.7 Å². The summed E-state index contributed by atoms with van der Waals surface area (Å²) in [5.74, 6) is -1.26. The number of aryl methyl sites for hydroxylation is 1. The molecule has 0 fully saturated rings. The normalized spacial score (nSPS) is 17.5. The topological polar surface area (TPSA) is 35.5 Å². The number of esters is 1. The van der Waals surface area contributed by atoms with Gasteiger partial charge in [-0.05, 0) is 55.9 Å². The molecule has 1 aromatic rings. The molecule has 1 atom stereocenters. The van der Waals surface area contributed by atoms with Crippen molar-refractivity contribution in [2.24, 2.45) is 0 Å². The highest BCUT2D eigenvalue weighted by Crippen LogP contribution is 2.31. The molecule has 0 saturated carbocycles. The maximum Gasteiger partial charge on any atom is 0.490 e. The zero-order chi connectivity index (χ0) is 16.2. The second kappa shape index (κ2) is 7.35. The van der Waals surface area contributed by atoms with Crippen LogP contribution in [0.4, 0.5) is 13.2 Å². The van der Waals surface area contributed by atoms with Crippen molar-refractivity contribution in [2.45, 2.75) is 44.4 Å². The molecule has 0 amide bonds. The number of hydrogen-bond donors (Lipinski definition) is 0. The minimum absolute atomic E-state index is 0.0620. The maximum atomic E-state index is 11.9. The molecule has 1 aliphatic rings. The van der Waals surface area contributed by atoms with E-state index in [1.807, 2.05) is 18.2 Å². The van der Waals surface area contributed by atoms with Crippen LogP contribution in [0.15, 0.2) is 22.7 Å². The smallest absolute Gasteiger partial charge is 0.490 e. The molecule has 0 saturated heterocycles. The molecule has 0 radical (unpaired) electrons. The number of ether oxygens (including phenoxy) is 2. The van der Waals surface area contributed by atoms with E-state index in [9.17, 15) is 18.0 Å². The molecule has 0 aliphatic carbocycles. The molecule has 1 heterocycles. The number of hydrogen-bond acceptors (Lipinski definition) is 3. The third-order valence-electron chi connectivity index (χ3n) is 3.44. The highest BCUT2D eigenvalue weighted by Gasteiger charge is 2.40. The lowest BCUT2D eigenvalue weighted by atomic mass is 9.99. The molecule has 22 heavy (non-hydrogen) atoms. The number of halogens is 4. The van der Waals surface area contributed by atoms with E-state index in [1.165, 1.54) is 0 Å². The van der Waals surface area contributed by atoms with Crippen molar-refractivity contribution in [2.75, 3.05) is 6.61 Å². The largest absolute Gasteiger partial charge is 0.490 e. The average Bonchev–Trinajstić information content (AvgIpc) is 2.45. The van der Waals surface area contributed by atoms with Crippen LogP contribution in [0.25, 0.3) is 0 Å². The molecule has 3 nitrogen and oxygen atoms in total. The van der Waals surface area contributed by atoms with Gasteiger partial charge in [-0.25, -0.2) is 4.79 Å². The van der Waals surface area contributed by atoms with Crippen LogP contribution in [0.5, 0.6) is 5.75 Å². The second-order valence-electron chi connectivity index (χ2n) is 5.16. The summed E-state index contributed by atoms with van der Waals surface area (Å²) in [5.41, 5.74) is 1.16. The highest BCUT2D eigenvalue weighted by molar-refractivity contribution is 9.10. The van der Waals surface area contributed by atoms with E-state index in [0.717, 1.165) is 35.0 Å². The minimum atomic E-state index is -4.91. The molecular weight excluding hydrogens is 365 g/mol. The van der Waals surface area contributed by atoms with Crippen molar-refractivity contribution in [3.8, 4) is 5.75 Å². The third kappa shape index (κ3) is 4.90. The zero-order valence-corrected chi connectivity index (χ0v) is 13.4. The maximum absolute atomic E-state index is 11.9. The molecule has 0 bridgehead atoms. The van der Waals surface area contributed by atoms with Gasteiger partial charge in [-0.3, -0.25) is 0 Å². The van der Waals surface area contributed by atoms with Crippen molar-refractivity contribution in [1.82, 2.24) is 0 Å². The summed E-state index contributed by atoms with van der Waals surface area (Å²) in [6.07, 6.45) is -1.26. The monoisotopic (exact) mass is 380 g/mol. The molecule has 0 N–H and O–H groups in total. The van der Waals surface area contributed by atoms with Crippen molar-refractivity contribution < 1.29 is 27.4 Å². The average molecular weight is 381 g/mol. The van der Waals surface area contributed by atoms with E-state index >= 15 is 0 Å². The molecule has 0 spiro atoms. The summed E-state index contributed by atoms with van der Waals surface area (Å²) in [7, 11) is 0. The van der Waals surface area contributed by atoms with Gasteiger partial charge in [0.25, 0.3) is 0 Å². The van der Waals surface area contributed by atoms with Gasteiger partial charge in [-0.1, -0.05) is 15.9 Å². The first-order valence-electron chi connectivity index (χ1n) is 7.05. The Kier molecular flexibility index (Phi) is 5.72. The number of fused-ring (bicyclic) bond motifs is 1. The van der Waals surface area contributed by atoms with E-state index in [1.54, 1.807) is 0 Å². The summed E-state index contributed by atoms with van der Waals surface area (Å²) in [4.78, 5) is 10.5. The van der Waals surface area contributed by atoms with E-state index in [-0.39, 0.29) is 12.7 Å². The van der Waals surface area contributed by atoms with Gasteiger partial charge in [-0.15, -0.1) is 0 Å². The SMILES string of the molecule is O=C(OCCCCC1CCc2cc(Br)ccc2O1)C(F)(F)F. The number of carbonyl (C=O) groups is 1. The third-order valence-corrected chi connectivity index (χ3v) is 3.93. The predicted molar refractivity (Wildman–Crippen MR) is 77.7 cm³/mol. The minimum Gasteiger partial charge on any atom is -0.490 e. The van der Waals surface area contributed by atoms with Crippen LogP contribution >= 0.6 is 15.9 Å². The first kappa shape index (κ1) is 17.1. The number of rotatable bonds is 5. The van der Waals surface area contributed by atoms with Crippen LogP contribution in [0.1, 0.15) is 31.2 Å². The second-order valence-corrected chi connectivity index (χ2v) is 6.08. The highest BCUT2D eigenvalue weighted by atomic mass is 79.9. The number of carbonyl (C=O) groups excluding carboxylic acids is 1. The Hall–Kier alpha value is -1.24. The van der Waals surface area contributed by atoms with Gasteiger partial charge in [0.15, 0.2) is 0 Å². The lowest BCUT2D eigenvalue weighted by Crippen LogP contribution is -2.26. The van der Waals surface area contributed by atoms with Gasteiger partial charge in [0.2, 0.25) is 0 Å². The Morgan fingerprint density at radius 1 is 1.36 bits per heavy atom. The van der Waals surface area contributed by atoms with E-state index in [2.05, 4.69) is 20.7 Å². The standard InChI is InChI=1S/C15H16BrF3O3/c16-11-5-7-13-10(9-11)4-6-12(22-13)3-1-2-8-21-14(20)15(17,18)19/h5,7,9,12H,1-4,6,8H2. The first-order valence-corrected chi connectivity index (χ1v) is 7.84. The van der Waals surface area contributed by atoms with E-state index < -0.39 is 12.1 Å². The summed E-state index contributed by atoms with van der Waals surface area (Å²) >= 11 is 3.41. The van der Waals surface area contributed by atoms with Crippen LogP contribution in [-0.4, -0.2) is 24.9 Å². The fourth-order valence-corrected chi connectivity index (χ4v) is 2.75. The first-order chi connectivity index (χ1) is 10.4. The van der Waals surface area contributed by atoms with Crippen molar-refractivity contribution >= 4 is 21.9 Å². The summed E-state index contributed by atoms with van der Waals surface area (Å²) in [6, 6.07) is 5.86. The fourth-order valence-electron chi connectivity index (χ4n) is 2.34. The molecule has 0 aromatic heterocycles. The molecule has 1 aliphatic heterocycles. The van der Waals surface area contributed by atoms with Gasteiger partial charge in [-0.2, -0.15) is 13.2 Å². The number of benzene rings is 1.